The second kappa shape index (κ2) is 7.25. The van der Waals surface area contributed by atoms with Crippen molar-refractivity contribution < 1.29 is 9.53 Å². The minimum atomic E-state index is -0.287. The van der Waals surface area contributed by atoms with Gasteiger partial charge in [-0.25, -0.2) is 4.79 Å². The third kappa shape index (κ3) is 3.43. The molecule has 0 spiro atoms. The van der Waals surface area contributed by atoms with Crippen molar-refractivity contribution in [1.29, 1.82) is 0 Å². The van der Waals surface area contributed by atoms with Crippen molar-refractivity contribution >= 4 is 11.7 Å². The lowest BCUT2D eigenvalue weighted by atomic mass is 9.91. The Kier molecular flexibility index (Phi) is 5.37. The van der Waals surface area contributed by atoms with E-state index in [1.165, 1.54) is 5.56 Å². The Bertz CT molecular complexity index is 499. The molecule has 0 aromatic heterocycles. The summed E-state index contributed by atoms with van der Waals surface area (Å²) in [6, 6.07) is 10.4. The number of esters is 1. The third-order valence-corrected chi connectivity index (χ3v) is 3.83. The largest absolute Gasteiger partial charge is 0.461 e. The summed E-state index contributed by atoms with van der Waals surface area (Å²) >= 11 is 0. The molecule has 114 valence electrons. The molecule has 1 aromatic carbocycles. The normalized spacial score (nSPS) is 21.3. The van der Waals surface area contributed by atoms with E-state index in [-0.39, 0.29) is 17.9 Å². The zero-order chi connectivity index (χ0) is 15.2. The van der Waals surface area contributed by atoms with Gasteiger partial charge >= 0.3 is 5.97 Å². The van der Waals surface area contributed by atoms with Gasteiger partial charge in [-0.05, 0) is 18.9 Å². The molecular weight excluding hydrogens is 264 g/mol. The van der Waals surface area contributed by atoms with E-state index >= 15 is 0 Å². The van der Waals surface area contributed by atoms with Gasteiger partial charge in [0.15, 0.2) is 5.71 Å². The van der Waals surface area contributed by atoms with Crippen molar-refractivity contribution in [2.24, 2.45) is 11.0 Å². The highest BCUT2D eigenvalue weighted by Crippen LogP contribution is 2.35. The Morgan fingerprint density at radius 1 is 1.29 bits per heavy atom. The fourth-order valence-electron chi connectivity index (χ4n) is 2.75. The molecule has 2 rings (SSSR count). The van der Waals surface area contributed by atoms with Gasteiger partial charge in [0.2, 0.25) is 0 Å². The van der Waals surface area contributed by atoms with Crippen molar-refractivity contribution in [3.63, 3.8) is 0 Å². The van der Waals surface area contributed by atoms with Gasteiger partial charge in [0.25, 0.3) is 0 Å². The number of hydrogen-bond donors (Lipinski definition) is 0. The lowest BCUT2D eigenvalue weighted by Gasteiger charge is -2.26. The molecule has 1 aliphatic heterocycles. The van der Waals surface area contributed by atoms with Crippen LogP contribution in [0.2, 0.25) is 0 Å². The van der Waals surface area contributed by atoms with Crippen LogP contribution in [-0.4, -0.2) is 29.8 Å². The molecule has 1 aliphatic rings. The zero-order valence-electron chi connectivity index (χ0n) is 13.1. The second-order valence-electron chi connectivity index (χ2n) is 5.37. The maximum atomic E-state index is 12.1. The van der Waals surface area contributed by atoms with Gasteiger partial charge in [-0.15, -0.1) is 0 Å². The molecule has 0 radical (unpaired) electrons. The number of hydrogen-bond acceptors (Lipinski definition) is 4. The number of ether oxygens (including phenoxy) is 1. The molecule has 2 atom stereocenters. The van der Waals surface area contributed by atoms with Gasteiger partial charge in [0, 0.05) is 12.5 Å². The molecule has 21 heavy (non-hydrogen) atoms. The average molecular weight is 288 g/mol. The van der Waals surface area contributed by atoms with Crippen molar-refractivity contribution in [2.45, 2.75) is 39.7 Å². The third-order valence-electron chi connectivity index (χ3n) is 3.83. The van der Waals surface area contributed by atoms with Crippen LogP contribution in [0.25, 0.3) is 0 Å². The van der Waals surface area contributed by atoms with E-state index in [2.05, 4.69) is 36.1 Å². The molecule has 4 nitrogen and oxygen atoms in total. The van der Waals surface area contributed by atoms with E-state index in [1.807, 2.05) is 25.1 Å². The van der Waals surface area contributed by atoms with E-state index in [1.54, 1.807) is 0 Å². The molecule has 0 N–H and O–H groups in total. The van der Waals surface area contributed by atoms with Crippen LogP contribution in [-0.2, 0) is 9.53 Å². The summed E-state index contributed by atoms with van der Waals surface area (Å²) in [6.07, 6.45) is 2.17. The van der Waals surface area contributed by atoms with Gasteiger partial charge in [-0.3, -0.25) is 5.01 Å². The molecule has 1 heterocycles. The first-order chi connectivity index (χ1) is 10.2. The number of hydrazone groups is 1. The summed E-state index contributed by atoms with van der Waals surface area (Å²) in [5.41, 5.74) is 1.74. The van der Waals surface area contributed by atoms with E-state index in [0.717, 1.165) is 19.4 Å². The second-order valence-corrected chi connectivity index (χ2v) is 5.37. The van der Waals surface area contributed by atoms with Crippen LogP contribution in [0.4, 0.5) is 0 Å². The van der Waals surface area contributed by atoms with E-state index in [9.17, 15) is 4.79 Å². The molecule has 0 fully saturated rings. The van der Waals surface area contributed by atoms with Gasteiger partial charge in [0.1, 0.15) is 0 Å². The number of rotatable bonds is 6. The number of carbonyl (C=O) groups is 1. The first-order valence-corrected chi connectivity index (χ1v) is 7.76. The lowest BCUT2D eigenvalue weighted by Crippen LogP contribution is -2.27. The number of nitrogens with zero attached hydrogens (tertiary/aromatic N) is 2. The number of unbranched alkanes of at least 4 members (excludes halogenated alkanes) is 1. The van der Waals surface area contributed by atoms with Gasteiger partial charge in [-0.1, -0.05) is 50.6 Å². The van der Waals surface area contributed by atoms with Crippen LogP contribution in [0, 0.1) is 5.92 Å². The highest BCUT2D eigenvalue weighted by molar-refractivity contribution is 6.37. The van der Waals surface area contributed by atoms with Crippen LogP contribution in [0.1, 0.15) is 45.2 Å². The molecule has 4 heteroatoms. The van der Waals surface area contributed by atoms with Crippen LogP contribution < -0.4 is 0 Å². The van der Waals surface area contributed by atoms with Gasteiger partial charge in [-0.2, -0.15) is 5.10 Å². The minimum Gasteiger partial charge on any atom is -0.461 e. The minimum absolute atomic E-state index is 0.0447. The Balaban J connectivity index is 2.25. The smallest absolute Gasteiger partial charge is 0.354 e. The summed E-state index contributed by atoms with van der Waals surface area (Å²) in [4.78, 5) is 12.1. The number of benzene rings is 1. The van der Waals surface area contributed by atoms with E-state index < -0.39 is 0 Å². The summed E-state index contributed by atoms with van der Waals surface area (Å²) in [6.45, 7) is 7.28. The highest BCUT2D eigenvalue weighted by atomic mass is 16.5. The van der Waals surface area contributed by atoms with Gasteiger partial charge in [0.05, 0.1) is 12.6 Å². The van der Waals surface area contributed by atoms with Crippen molar-refractivity contribution in [1.82, 2.24) is 5.01 Å². The standard InChI is InChI=1S/C17H24N2O2/c1-4-6-12-19-16(14-10-8-7-9-11-14)13(3)15(18-19)17(20)21-5-2/h7-11,13,16H,4-6,12H2,1-3H3/t13-,16-/m1/s1. The van der Waals surface area contributed by atoms with Gasteiger partial charge < -0.3 is 4.74 Å². The molecule has 0 saturated carbocycles. The molecule has 0 bridgehead atoms. The van der Waals surface area contributed by atoms with E-state index in [4.69, 9.17) is 4.74 Å². The van der Waals surface area contributed by atoms with Crippen LogP contribution >= 0.6 is 0 Å². The highest BCUT2D eigenvalue weighted by Gasteiger charge is 2.38. The lowest BCUT2D eigenvalue weighted by molar-refractivity contribution is -0.135. The number of carbonyl (C=O) groups excluding carboxylic acids is 1. The van der Waals surface area contributed by atoms with Crippen molar-refractivity contribution in [3.05, 3.63) is 35.9 Å². The van der Waals surface area contributed by atoms with Crippen molar-refractivity contribution in [2.75, 3.05) is 13.2 Å². The summed E-state index contributed by atoms with van der Waals surface area (Å²) in [7, 11) is 0. The molecular formula is C17H24N2O2. The zero-order valence-corrected chi connectivity index (χ0v) is 13.1. The molecule has 0 saturated heterocycles. The fraction of sp³-hybridized carbons (Fsp3) is 0.529. The Morgan fingerprint density at radius 3 is 2.62 bits per heavy atom. The van der Waals surface area contributed by atoms with Crippen molar-refractivity contribution in [3.8, 4) is 0 Å². The maximum Gasteiger partial charge on any atom is 0.354 e. The average Bonchev–Trinajstić information content (AvgIpc) is 2.83. The first-order valence-electron chi connectivity index (χ1n) is 7.76. The predicted molar refractivity (Wildman–Crippen MR) is 84.0 cm³/mol. The first kappa shape index (κ1) is 15.5. The Hall–Kier alpha value is -1.84. The van der Waals surface area contributed by atoms with E-state index in [0.29, 0.717) is 12.3 Å². The summed E-state index contributed by atoms with van der Waals surface area (Å²) < 4.78 is 5.14. The van der Waals surface area contributed by atoms with Crippen LogP contribution in [0.15, 0.2) is 35.4 Å². The molecule has 0 aliphatic carbocycles. The molecule has 0 amide bonds. The topological polar surface area (TPSA) is 41.9 Å². The maximum absolute atomic E-state index is 12.1. The molecule has 1 aromatic rings. The predicted octanol–water partition coefficient (Wildman–Crippen LogP) is 3.40. The SMILES string of the molecule is CCCCN1N=C(C(=O)OCC)[C@@H](C)[C@@H]1c1ccccc1. The summed E-state index contributed by atoms with van der Waals surface area (Å²) in [5, 5.41) is 6.61. The Morgan fingerprint density at radius 2 is 2.00 bits per heavy atom. The fourth-order valence-corrected chi connectivity index (χ4v) is 2.75. The monoisotopic (exact) mass is 288 g/mol. The van der Waals surface area contributed by atoms with Crippen LogP contribution in [0.5, 0.6) is 0 Å². The Labute approximate surface area is 126 Å². The summed E-state index contributed by atoms with van der Waals surface area (Å²) in [5.74, 6) is -0.242. The molecule has 0 unspecified atom stereocenters. The quantitative estimate of drug-likeness (QED) is 0.753. The van der Waals surface area contributed by atoms with Crippen LogP contribution in [0.3, 0.4) is 0 Å².